The number of para-hydroxylation sites is 2. The van der Waals surface area contributed by atoms with Gasteiger partial charge in [-0.05, 0) is 18.6 Å². The summed E-state index contributed by atoms with van der Waals surface area (Å²) >= 11 is 0. The highest BCUT2D eigenvalue weighted by atomic mass is 16.7. The zero-order valence-electron chi connectivity index (χ0n) is 7.90. The Bertz CT molecular complexity index is 309. The maximum atomic E-state index is 11.0. The predicted molar refractivity (Wildman–Crippen MR) is 50.4 cm³/mol. The fourth-order valence-corrected chi connectivity index (χ4v) is 0.848. The van der Waals surface area contributed by atoms with Crippen molar-refractivity contribution in [2.75, 3.05) is 6.61 Å². The van der Waals surface area contributed by atoms with Gasteiger partial charge in [-0.15, -0.1) is 0 Å². The Labute approximate surface area is 82.1 Å². The van der Waals surface area contributed by atoms with Crippen molar-refractivity contribution in [3.8, 4) is 11.5 Å². The van der Waals surface area contributed by atoms with E-state index < -0.39 is 6.16 Å². The molecule has 0 aromatic heterocycles. The lowest BCUT2D eigenvalue weighted by Gasteiger charge is -2.05. The number of carbonyl (C=O) groups is 1. The fraction of sp³-hybridized carbons (Fsp3) is 0.300. The zero-order valence-corrected chi connectivity index (χ0v) is 7.90. The van der Waals surface area contributed by atoms with Crippen LogP contribution < -0.4 is 4.74 Å². The molecule has 1 aromatic carbocycles. The molecule has 0 saturated carbocycles. The second kappa shape index (κ2) is 5.11. The summed E-state index contributed by atoms with van der Waals surface area (Å²) in [7, 11) is 0. The van der Waals surface area contributed by atoms with Gasteiger partial charge in [0.15, 0.2) is 11.5 Å². The van der Waals surface area contributed by atoms with E-state index in [1.165, 1.54) is 12.1 Å². The highest BCUT2D eigenvalue weighted by Crippen LogP contribution is 2.24. The summed E-state index contributed by atoms with van der Waals surface area (Å²) in [6.07, 6.45) is -0.0658. The summed E-state index contributed by atoms with van der Waals surface area (Å²) in [5.74, 6) is 0.0227. The van der Waals surface area contributed by atoms with Crippen molar-refractivity contribution < 1.29 is 19.4 Å². The van der Waals surface area contributed by atoms with Crippen molar-refractivity contribution >= 4 is 6.16 Å². The van der Waals surface area contributed by atoms with E-state index in [9.17, 15) is 9.90 Å². The van der Waals surface area contributed by atoms with Crippen LogP contribution in [0.15, 0.2) is 24.3 Å². The molecule has 14 heavy (non-hydrogen) atoms. The molecule has 0 radical (unpaired) electrons. The van der Waals surface area contributed by atoms with Gasteiger partial charge in [-0.3, -0.25) is 0 Å². The van der Waals surface area contributed by atoms with Crippen molar-refractivity contribution in [2.45, 2.75) is 13.3 Å². The van der Waals surface area contributed by atoms with Crippen LogP contribution in [0.2, 0.25) is 0 Å². The second-order valence-corrected chi connectivity index (χ2v) is 2.67. The summed E-state index contributed by atoms with van der Waals surface area (Å²) < 4.78 is 9.41. The number of phenolic OH excluding ortho intramolecular Hbond substituents is 1. The molecule has 1 N–H and O–H groups in total. The Morgan fingerprint density at radius 3 is 2.79 bits per heavy atom. The van der Waals surface area contributed by atoms with Crippen LogP contribution >= 0.6 is 0 Å². The Balaban J connectivity index is 2.52. The molecule has 0 saturated heterocycles. The minimum absolute atomic E-state index is 0.0825. The lowest BCUT2D eigenvalue weighted by atomic mass is 10.3. The van der Waals surface area contributed by atoms with E-state index in [1.54, 1.807) is 12.1 Å². The molecular formula is C10H12O4. The molecule has 0 spiro atoms. The molecule has 0 fully saturated rings. The zero-order chi connectivity index (χ0) is 10.4. The van der Waals surface area contributed by atoms with Crippen LogP contribution in [-0.2, 0) is 4.74 Å². The average Bonchev–Trinajstić information content (AvgIpc) is 2.18. The summed E-state index contributed by atoms with van der Waals surface area (Å²) in [6.45, 7) is 2.19. The molecule has 0 aliphatic carbocycles. The third kappa shape index (κ3) is 2.97. The third-order valence-corrected chi connectivity index (χ3v) is 1.48. The van der Waals surface area contributed by atoms with Crippen molar-refractivity contribution in [3.63, 3.8) is 0 Å². The van der Waals surface area contributed by atoms with Crippen LogP contribution in [0.25, 0.3) is 0 Å². The van der Waals surface area contributed by atoms with Gasteiger partial charge in [-0.1, -0.05) is 19.1 Å². The molecular weight excluding hydrogens is 184 g/mol. The smallest absolute Gasteiger partial charge is 0.504 e. The molecule has 1 rings (SSSR count). The topological polar surface area (TPSA) is 55.8 Å². The van der Waals surface area contributed by atoms with Gasteiger partial charge >= 0.3 is 6.16 Å². The molecule has 4 heteroatoms. The number of aromatic hydroxyl groups is 1. The summed E-state index contributed by atoms with van der Waals surface area (Å²) in [5.41, 5.74) is 0. The van der Waals surface area contributed by atoms with E-state index in [0.29, 0.717) is 6.61 Å². The molecule has 0 bridgehead atoms. The Morgan fingerprint density at radius 2 is 2.14 bits per heavy atom. The lowest BCUT2D eigenvalue weighted by Crippen LogP contribution is -2.10. The van der Waals surface area contributed by atoms with E-state index in [2.05, 4.69) is 4.74 Å². The Morgan fingerprint density at radius 1 is 1.43 bits per heavy atom. The number of carbonyl (C=O) groups excluding carboxylic acids is 1. The van der Waals surface area contributed by atoms with Gasteiger partial charge in [0.1, 0.15) is 0 Å². The summed E-state index contributed by atoms with van der Waals surface area (Å²) in [5, 5.41) is 9.25. The third-order valence-electron chi connectivity index (χ3n) is 1.48. The largest absolute Gasteiger partial charge is 0.513 e. The van der Waals surface area contributed by atoms with Gasteiger partial charge in [-0.2, -0.15) is 0 Å². The summed E-state index contributed by atoms with van der Waals surface area (Å²) in [4.78, 5) is 11.0. The second-order valence-electron chi connectivity index (χ2n) is 2.67. The molecule has 0 atom stereocenters. The number of hydrogen-bond acceptors (Lipinski definition) is 4. The van der Waals surface area contributed by atoms with Crippen LogP contribution in [-0.4, -0.2) is 17.9 Å². The first-order valence-corrected chi connectivity index (χ1v) is 4.36. The van der Waals surface area contributed by atoms with Crippen LogP contribution in [0.1, 0.15) is 13.3 Å². The molecule has 0 aliphatic heterocycles. The van der Waals surface area contributed by atoms with Crippen molar-refractivity contribution in [2.24, 2.45) is 0 Å². The van der Waals surface area contributed by atoms with Gasteiger partial charge in [-0.25, -0.2) is 4.79 Å². The molecule has 0 aliphatic rings. The van der Waals surface area contributed by atoms with Crippen LogP contribution in [0.5, 0.6) is 11.5 Å². The lowest BCUT2D eigenvalue weighted by molar-refractivity contribution is 0.0980. The predicted octanol–water partition coefficient (Wildman–Crippen LogP) is 2.32. The first-order chi connectivity index (χ1) is 6.74. The monoisotopic (exact) mass is 196 g/mol. The number of benzene rings is 1. The molecule has 0 amide bonds. The van der Waals surface area contributed by atoms with E-state index in [1.807, 2.05) is 6.92 Å². The standard InChI is InChI=1S/C10H12O4/c1-2-7-13-10(12)14-9-6-4-3-5-8(9)11/h3-6,11H,2,7H2,1H3. The summed E-state index contributed by atoms with van der Waals surface area (Å²) in [6, 6.07) is 6.21. The van der Waals surface area contributed by atoms with E-state index in [0.717, 1.165) is 6.42 Å². The normalized spacial score (nSPS) is 9.50. The minimum Gasteiger partial charge on any atom is -0.504 e. The van der Waals surface area contributed by atoms with Gasteiger partial charge in [0, 0.05) is 0 Å². The molecule has 0 heterocycles. The first-order valence-electron chi connectivity index (χ1n) is 4.36. The van der Waals surface area contributed by atoms with Crippen LogP contribution in [0.3, 0.4) is 0 Å². The highest BCUT2D eigenvalue weighted by Gasteiger charge is 2.08. The van der Waals surface area contributed by atoms with Crippen molar-refractivity contribution in [3.05, 3.63) is 24.3 Å². The van der Waals surface area contributed by atoms with Crippen molar-refractivity contribution in [1.29, 1.82) is 0 Å². The van der Waals surface area contributed by atoms with Gasteiger partial charge < -0.3 is 14.6 Å². The van der Waals surface area contributed by atoms with Crippen LogP contribution in [0.4, 0.5) is 4.79 Å². The van der Waals surface area contributed by atoms with Gasteiger partial charge in [0.2, 0.25) is 0 Å². The van der Waals surface area contributed by atoms with Gasteiger partial charge in [0.05, 0.1) is 6.61 Å². The fourth-order valence-electron chi connectivity index (χ4n) is 0.848. The molecule has 4 nitrogen and oxygen atoms in total. The molecule has 76 valence electrons. The quantitative estimate of drug-likeness (QED) is 0.595. The van der Waals surface area contributed by atoms with Gasteiger partial charge in [0.25, 0.3) is 0 Å². The average molecular weight is 196 g/mol. The highest BCUT2D eigenvalue weighted by molar-refractivity contribution is 5.65. The van der Waals surface area contributed by atoms with E-state index in [4.69, 9.17) is 4.74 Å². The Kier molecular flexibility index (Phi) is 3.79. The number of phenols is 1. The maximum Gasteiger partial charge on any atom is 0.513 e. The maximum absolute atomic E-state index is 11.0. The number of ether oxygens (including phenoxy) is 2. The first kappa shape index (κ1) is 10.4. The minimum atomic E-state index is -0.798. The molecule has 0 unspecified atom stereocenters. The number of rotatable bonds is 3. The Hall–Kier alpha value is -1.71. The van der Waals surface area contributed by atoms with E-state index >= 15 is 0 Å². The number of hydrogen-bond donors (Lipinski definition) is 1. The van der Waals surface area contributed by atoms with E-state index in [-0.39, 0.29) is 11.5 Å². The SMILES string of the molecule is CCCOC(=O)Oc1ccccc1O. The van der Waals surface area contributed by atoms with Crippen molar-refractivity contribution in [1.82, 2.24) is 0 Å². The molecule has 1 aromatic rings. The van der Waals surface area contributed by atoms with Crippen LogP contribution in [0, 0.1) is 0 Å².